The number of benzene rings is 2. The van der Waals surface area contributed by atoms with Crippen LogP contribution in [-0.2, 0) is 9.13 Å². The zero-order chi connectivity index (χ0) is 24.2. The molecule has 0 radical (unpaired) electrons. The maximum Gasteiger partial charge on any atom is 0.269 e. The van der Waals surface area contributed by atoms with Crippen LogP contribution in [0.5, 0.6) is 0 Å². The van der Waals surface area contributed by atoms with Crippen molar-refractivity contribution in [3.63, 3.8) is 0 Å². The van der Waals surface area contributed by atoms with Gasteiger partial charge in [0.2, 0.25) is 0 Å². The standard InChI is InChI=1S/C9H12NO3PS.C6H5NO2S.C4H11OP/c1-14(2,13)7-15-9-5-3-8(4-6-9)10(11)12;8-7(9)5-1-3-6(10)4-2-5;1-4-6(2,3)5/h3-6H,7H2,1-2H3;1-4,10H;4H2,1-3H3. The molecule has 0 amide bonds. The average molecular weight is 507 g/mol. The Bertz CT molecular complexity index is 941. The molecule has 0 saturated carbocycles. The highest BCUT2D eigenvalue weighted by Gasteiger charge is 2.09. The Kier molecular flexibility index (Phi) is 13.0. The van der Waals surface area contributed by atoms with Gasteiger partial charge in [-0.3, -0.25) is 20.2 Å². The van der Waals surface area contributed by atoms with E-state index in [0.29, 0.717) is 5.49 Å². The van der Waals surface area contributed by atoms with Crippen molar-refractivity contribution in [1.29, 1.82) is 0 Å². The average Bonchev–Trinajstić information content (AvgIpc) is 2.67. The lowest BCUT2D eigenvalue weighted by Gasteiger charge is -2.05. The van der Waals surface area contributed by atoms with Crippen LogP contribution in [0.2, 0.25) is 0 Å². The number of thioether (sulfide) groups is 1. The number of hydrogen-bond donors (Lipinski definition) is 1. The molecule has 0 unspecified atom stereocenters. The predicted octanol–water partition coefficient (Wildman–Crippen LogP) is 6.78. The summed E-state index contributed by atoms with van der Waals surface area (Å²) in [5.74, 6) is 0. The highest BCUT2D eigenvalue weighted by molar-refractivity contribution is 8.05. The number of rotatable bonds is 6. The first kappa shape index (κ1) is 29.4. The minimum Gasteiger partial charge on any atom is -0.324 e. The first-order valence-corrected chi connectivity index (χ1v) is 16.0. The lowest BCUT2D eigenvalue weighted by atomic mass is 10.3. The first-order chi connectivity index (χ1) is 14.1. The molecule has 12 heteroatoms. The van der Waals surface area contributed by atoms with E-state index in [1.54, 1.807) is 50.9 Å². The van der Waals surface area contributed by atoms with Gasteiger partial charge in [0.05, 0.1) is 29.6 Å². The second kappa shape index (κ2) is 13.7. The third-order valence-electron chi connectivity index (χ3n) is 3.41. The van der Waals surface area contributed by atoms with Gasteiger partial charge in [0.1, 0.15) is 0 Å². The van der Waals surface area contributed by atoms with Gasteiger partial charge in [-0.25, -0.2) is 0 Å². The molecule has 0 N–H and O–H groups in total. The van der Waals surface area contributed by atoms with E-state index in [0.717, 1.165) is 16.0 Å². The van der Waals surface area contributed by atoms with Crippen molar-refractivity contribution in [1.82, 2.24) is 0 Å². The second-order valence-corrected chi connectivity index (χ2v) is 16.5. The molecule has 0 aromatic heterocycles. The Hall–Kier alpha value is -1.60. The Morgan fingerprint density at radius 3 is 1.45 bits per heavy atom. The van der Waals surface area contributed by atoms with Gasteiger partial charge in [-0.05, 0) is 57.1 Å². The number of thiol groups is 1. The summed E-state index contributed by atoms with van der Waals surface area (Å²) in [6, 6.07) is 12.3. The summed E-state index contributed by atoms with van der Waals surface area (Å²) < 4.78 is 22.0. The monoisotopic (exact) mass is 506 g/mol. The van der Waals surface area contributed by atoms with Gasteiger partial charge in [-0.15, -0.1) is 24.4 Å². The van der Waals surface area contributed by atoms with Gasteiger partial charge in [0.25, 0.3) is 11.4 Å². The number of non-ortho nitro benzene ring substituents is 2. The molecular formula is C19H28N2O6P2S2. The van der Waals surface area contributed by atoms with Crippen molar-refractivity contribution in [2.75, 3.05) is 38.3 Å². The minimum absolute atomic E-state index is 0.0792. The van der Waals surface area contributed by atoms with E-state index < -0.39 is 24.1 Å². The molecule has 0 aliphatic heterocycles. The summed E-state index contributed by atoms with van der Waals surface area (Å²) in [5.41, 5.74) is 0.735. The highest BCUT2D eigenvalue weighted by Crippen LogP contribution is 2.42. The van der Waals surface area contributed by atoms with Crippen LogP contribution >= 0.6 is 38.7 Å². The van der Waals surface area contributed by atoms with Crippen molar-refractivity contribution in [3.05, 3.63) is 68.8 Å². The fraction of sp³-hybridized carbons (Fsp3) is 0.368. The van der Waals surface area contributed by atoms with Crippen LogP contribution in [-0.4, -0.2) is 48.2 Å². The van der Waals surface area contributed by atoms with Crippen molar-refractivity contribution < 1.29 is 19.0 Å². The maximum absolute atomic E-state index is 11.4. The molecule has 0 aliphatic carbocycles. The Morgan fingerprint density at radius 1 is 0.806 bits per heavy atom. The summed E-state index contributed by atoms with van der Waals surface area (Å²) in [7, 11) is -3.68. The number of nitrogens with zero attached hydrogens (tertiary/aromatic N) is 2. The zero-order valence-corrected chi connectivity index (χ0v) is 21.6. The number of nitro groups is 2. The molecule has 0 heterocycles. The molecular weight excluding hydrogens is 478 g/mol. The smallest absolute Gasteiger partial charge is 0.269 e. The van der Waals surface area contributed by atoms with Gasteiger partial charge in [0, 0.05) is 34.1 Å². The molecule has 31 heavy (non-hydrogen) atoms. The van der Waals surface area contributed by atoms with Gasteiger partial charge in [-0.1, -0.05) is 6.92 Å². The largest absolute Gasteiger partial charge is 0.324 e. The molecule has 0 spiro atoms. The van der Waals surface area contributed by atoms with E-state index in [1.807, 2.05) is 6.92 Å². The van der Waals surface area contributed by atoms with Crippen LogP contribution in [0, 0.1) is 20.2 Å². The molecule has 0 saturated heterocycles. The normalized spacial score (nSPS) is 10.8. The molecule has 2 aromatic rings. The van der Waals surface area contributed by atoms with E-state index >= 15 is 0 Å². The summed E-state index contributed by atoms with van der Waals surface area (Å²) >= 11 is 5.44. The van der Waals surface area contributed by atoms with Gasteiger partial charge in [0.15, 0.2) is 0 Å². The van der Waals surface area contributed by atoms with Crippen LogP contribution in [0.4, 0.5) is 11.4 Å². The van der Waals surface area contributed by atoms with Crippen LogP contribution in [0.25, 0.3) is 0 Å². The van der Waals surface area contributed by atoms with Crippen molar-refractivity contribution in [2.45, 2.75) is 16.7 Å². The van der Waals surface area contributed by atoms with E-state index in [2.05, 4.69) is 12.6 Å². The molecule has 2 rings (SSSR count). The van der Waals surface area contributed by atoms with E-state index in [-0.39, 0.29) is 11.4 Å². The summed E-state index contributed by atoms with van der Waals surface area (Å²) in [6.45, 7) is 9.00. The van der Waals surface area contributed by atoms with Crippen LogP contribution in [0.1, 0.15) is 6.92 Å². The van der Waals surface area contributed by atoms with Crippen LogP contribution in [0.3, 0.4) is 0 Å². The number of hydrogen-bond acceptors (Lipinski definition) is 8. The summed E-state index contributed by atoms with van der Waals surface area (Å²) in [4.78, 5) is 21.2. The lowest BCUT2D eigenvalue weighted by Crippen LogP contribution is -1.87. The molecule has 0 aliphatic rings. The Morgan fingerprint density at radius 2 is 1.16 bits per heavy atom. The fourth-order valence-corrected chi connectivity index (χ4v) is 3.79. The summed E-state index contributed by atoms with van der Waals surface area (Å²) in [5, 5.41) is 20.5. The van der Waals surface area contributed by atoms with E-state index in [1.165, 1.54) is 36.0 Å². The topological polar surface area (TPSA) is 120 Å². The predicted molar refractivity (Wildman–Crippen MR) is 134 cm³/mol. The van der Waals surface area contributed by atoms with Gasteiger partial charge in [-0.2, -0.15) is 0 Å². The molecule has 8 nitrogen and oxygen atoms in total. The third-order valence-corrected chi connectivity index (χ3v) is 8.84. The Labute approximate surface area is 192 Å². The first-order valence-electron chi connectivity index (χ1n) is 9.03. The van der Waals surface area contributed by atoms with Crippen molar-refractivity contribution in [3.8, 4) is 0 Å². The number of nitro benzene ring substituents is 2. The van der Waals surface area contributed by atoms with E-state index in [4.69, 9.17) is 0 Å². The fourth-order valence-electron chi connectivity index (χ4n) is 1.47. The zero-order valence-electron chi connectivity index (χ0n) is 18.1. The molecule has 0 bridgehead atoms. The lowest BCUT2D eigenvalue weighted by molar-refractivity contribution is -0.385. The summed E-state index contributed by atoms with van der Waals surface area (Å²) in [6.07, 6.45) is 0.826. The maximum atomic E-state index is 11.4. The van der Waals surface area contributed by atoms with Gasteiger partial charge >= 0.3 is 0 Å². The second-order valence-electron chi connectivity index (χ2n) is 7.26. The third kappa shape index (κ3) is 15.8. The quantitative estimate of drug-likeness (QED) is 0.151. The molecule has 0 atom stereocenters. The van der Waals surface area contributed by atoms with Crippen molar-refractivity contribution in [2.24, 2.45) is 0 Å². The van der Waals surface area contributed by atoms with Crippen LogP contribution < -0.4 is 0 Å². The minimum atomic E-state index is -2.03. The van der Waals surface area contributed by atoms with E-state index in [9.17, 15) is 29.4 Å². The Balaban J connectivity index is 0.000000484. The molecule has 172 valence electrons. The SMILES string of the molecule is CCP(C)(C)=O.CP(C)(=O)CSc1ccc([N+](=O)[O-])cc1.O=[N+]([O-])c1ccc(S)cc1. The molecule has 2 aromatic carbocycles. The highest BCUT2D eigenvalue weighted by atomic mass is 32.2. The van der Waals surface area contributed by atoms with Crippen molar-refractivity contribution >= 4 is 50.0 Å². The molecule has 0 fully saturated rings. The van der Waals surface area contributed by atoms with Gasteiger partial charge < -0.3 is 9.13 Å². The van der Waals surface area contributed by atoms with Crippen LogP contribution in [0.15, 0.2) is 58.3 Å².